The monoisotopic (exact) mass is 316 g/mol. The molecule has 6 heteroatoms. The molecule has 1 heterocycles. The number of nitrogens with zero attached hydrogens (tertiary/aromatic N) is 3. The summed E-state index contributed by atoms with van der Waals surface area (Å²) in [6.07, 6.45) is 10.1. The van der Waals surface area contributed by atoms with Crippen molar-refractivity contribution in [1.82, 2.24) is 14.9 Å². The van der Waals surface area contributed by atoms with E-state index in [0.717, 1.165) is 30.7 Å². The minimum absolute atomic E-state index is 0.244. The number of aromatic amines is 1. The van der Waals surface area contributed by atoms with Crippen LogP contribution in [0.1, 0.15) is 30.7 Å². The number of aromatic nitrogens is 3. The fourth-order valence-corrected chi connectivity index (χ4v) is 2.65. The van der Waals surface area contributed by atoms with Gasteiger partial charge in [0.1, 0.15) is 5.82 Å². The second-order valence-corrected chi connectivity index (χ2v) is 5.76. The third kappa shape index (κ3) is 3.57. The third-order valence-corrected chi connectivity index (χ3v) is 3.96. The molecule has 1 aromatic heterocycles. The Hall–Kier alpha value is -2.08. The van der Waals surface area contributed by atoms with Gasteiger partial charge in [-0.05, 0) is 55.1 Å². The van der Waals surface area contributed by atoms with Crippen LogP contribution in [0.2, 0.25) is 0 Å². The molecule has 0 saturated carbocycles. The van der Waals surface area contributed by atoms with Crippen LogP contribution >= 0.6 is 12.2 Å². The van der Waals surface area contributed by atoms with Gasteiger partial charge < -0.3 is 0 Å². The first kappa shape index (κ1) is 14.8. The summed E-state index contributed by atoms with van der Waals surface area (Å²) in [5.41, 5.74) is 0.965. The molecule has 1 N–H and O–H groups in total. The average Bonchev–Trinajstić information content (AvgIpc) is 2.89. The molecule has 22 heavy (non-hydrogen) atoms. The normalized spacial score (nSPS) is 18.1. The molecule has 0 fully saturated rings. The second-order valence-electron chi connectivity index (χ2n) is 5.37. The lowest BCUT2D eigenvalue weighted by molar-refractivity contribution is 0.620. The Morgan fingerprint density at radius 3 is 2.91 bits per heavy atom. The van der Waals surface area contributed by atoms with E-state index in [1.165, 1.54) is 12.1 Å². The largest absolute Gasteiger partial charge is 0.250 e. The van der Waals surface area contributed by atoms with Crippen molar-refractivity contribution in [2.75, 3.05) is 0 Å². The van der Waals surface area contributed by atoms with Gasteiger partial charge in [0.15, 0.2) is 5.82 Å². The standard InChI is InChI=1S/C16H17FN4S/c17-14-8-6-12(7-9-14)10-15-19-20-16(22)21(15)18-11-13-4-2-1-3-5-13/h1-2,6-9,11,13H,3-5,10H2,(H,20,22)/b18-11-/t13-/m0/s1. The summed E-state index contributed by atoms with van der Waals surface area (Å²) >= 11 is 5.23. The topological polar surface area (TPSA) is 46.0 Å². The van der Waals surface area contributed by atoms with Crippen molar-refractivity contribution in [2.45, 2.75) is 25.7 Å². The minimum atomic E-state index is -0.244. The van der Waals surface area contributed by atoms with E-state index in [2.05, 4.69) is 27.5 Å². The molecular weight excluding hydrogens is 299 g/mol. The molecule has 0 saturated heterocycles. The Kier molecular flexibility index (Phi) is 4.58. The minimum Gasteiger partial charge on any atom is -0.250 e. The van der Waals surface area contributed by atoms with Crippen molar-refractivity contribution >= 4 is 18.4 Å². The highest BCUT2D eigenvalue weighted by Gasteiger charge is 2.09. The maximum Gasteiger partial charge on any atom is 0.216 e. The fourth-order valence-electron chi connectivity index (χ4n) is 2.46. The Bertz CT molecular complexity index is 742. The molecule has 0 aliphatic heterocycles. The Balaban J connectivity index is 1.78. The lowest BCUT2D eigenvalue weighted by atomic mass is 9.96. The molecule has 4 nitrogen and oxygen atoms in total. The summed E-state index contributed by atoms with van der Waals surface area (Å²) in [7, 11) is 0. The smallest absolute Gasteiger partial charge is 0.216 e. The van der Waals surface area contributed by atoms with Gasteiger partial charge in [-0.1, -0.05) is 24.3 Å². The SMILES string of the molecule is Fc1ccc(Cc2n[nH]c(=S)n2/N=C\[C@H]2CC=CCC2)cc1. The molecule has 0 radical (unpaired) electrons. The Labute approximate surface area is 133 Å². The van der Waals surface area contributed by atoms with Gasteiger partial charge in [-0.15, -0.1) is 0 Å². The molecule has 1 aliphatic rings. The van der Waals surface area contributed by atoms with Crippen LogP contribution in [0.3, 0.4) is 0 Å². The van der Waals surface area contributed by atoms with Crippen molar-refractivity contribution in [3.05, 3.63) is 58.4 Å². The zero-order valence-electron chi connectivity index (χ0n) is 12.1. The summed E-state index contributed by atoms with van der Waals surface area (Å²) in [6, 6.07) is 6.37. The van der Waals surface area contributed by atoms with Gasteiger partial charge in [-0.25, -0.2) is 4.39 Å². The van der Waals surface area contributed by atoms with Gasteiger partial charge in [0, 0.05) is 12.6 Å². The molecule has 0 bridgehead atoms. The number of halogens is 1. The summed E-state index contributed by atoms with van der Waals surface area (Å²) < 4.78 is 15.1. The predicted octanol–water partition coefficient (Wildman–Crippen LogP) is 3.86. The fraction of sp³-hybridized carbons (Fsp3) is 0.312. The highest BCUT2D eigenvalue weighted by Crippen LogP contribution is 2.16. The molecular formula is C16H17FN4S. The molecule has 1 aromatic carbocycles. The van der Waals surface area contributed by atoms with Crippen LogP contribution in [0.15, 0.2) is 41.5 Å². The van der Waals surface area contributed by atoms with Gasteiger partial charge in [-0.3, -0.25) is 5.10 Å². The van der Waals surface area contributed by atoms with Crippen LogP contribution in [-0.4, -0.2) is 21.1 Å². The van der Waals surface area contributed by atoms with Crippen LogP contribution in [0.4, 0.5) is 4.39 Å². The first-order chi connectivity index (χ1) is 10.7. The van der Waals surface area contributed by atoms with E-state index in [1.54, 1.807) is 16.8 Å². The summed E-state index contributed by atoms with van der Waals surface area (Å²) in [5, 5.41) is 11.5. The molecule has 1 aliphatic carbocycles. The lowest BCUT2D eigenvalue weighted by Crippen LogP contribution is -2.07. The maximum absolute atomic E-state index is 13.0. The van der Waals surface area contributed by atoms with Crippen LogP contribution < -0.4 is 0 Å². The van der Waals surface area contributed by atoms with Gasteiger partial charge in [0.2, 0.25) is 4.77 Å². The number of nitrogens with one attached hydrogen (secondary N) is 1. The zero-order chi connectivity index (χ0) is 15.4. The van der Waals surface area contributed by atoms with Crippen LogP contribution in [0.5, 0.6) is 0 Å². The van der Waals surface area contributed by atoms with Gasteiger partial charge in [0.25, 0.3) is 0 Å². The maximum atomic E-state index is 13.0. The lowest BCUT2D eigenvalue weighted by Gasteiger charge is -2.12. The number of benzene rings is 1. The van der Waals surface area contributed by atoms with Gasteiger partial charge in [-0.2, -0.15) is 14.9 Å². The first-order valence-electron chi connectivity index (χ1n) is 7.32. The average molecular weight is 316 g/mol. The number of hydrogen-bond donors (Lipinski definition) is 1. The molecule has 1 atom stereocenters. The molecule has 0 spiro atoms. The number of hydrogen-bond acceptors (Lipinski definition) is 3. The molecule has 114 valence electrons. The number of H-pyrrole nitrogens is 1. The van der Waals surface area contributed by atoms with E-state index in [1.807, 2.05) is 6.21 Å². The first-order valence-corrected chi connectivity index (χ1v) is 7.73. The summed E-state index contributed by atoms with van der Waals surface area (Å²) in [4.78, 5) is 0. The highest BCUT2D eigenvalue weighted by molar-refractivity contribution is 7.71. The Morgan fingerprint density at radius 2 is 2.18 bits per heavy atom. The number of allylic oxidation sites excluding steroid dienone is 2. The summed E-state index contributed by atoms with van der Waals surface area (Å²) in [6.45, 7) is 0. The van der Waals surface area contributed by atoms with Crippen molar-refractivity contribution in [3.8, 4) is 0 Å². The van der Waals surface area contributed by atoms with E-state index < -0.39 is 0 Å². The van der Waals surface area contributed by atoms with E-state index in [0.29, 0.717) is 17.1 Å². The van der Waals surface area contributed by atoms with Crippen molar-refractivity contribution in [2.24, 2.45) is 11.0 Å². The van der Waals surface area contributed by atoms with Crippen molar-refractivity contribution in [1.29, 1.82) is 0 Å². The highest BCUT2D eigenvalue weighted by atomic mass is 32.1. The molecule has 0 amide bonds. The predicted molar refractivity (Wildman–Crippen MR) is 87.0 cm³/mol. The van der Waals surface area contributed by atoms with E-state index in [9.17, 15) is 4.39 Å². The van der Waals surface area contributed by atoms with Crippen molar-refractivity contribution in [3.63, 3.8) is 0 Å². The third-order valence-electron chi connectivity index (χ3n) is 3.70. The molecule has 3 rings (SSSR count). The van der Waals surface area contributed by atoms with Crippen LogP contribution in [0, 0.1) is 16.5 Å². The quantitative estimate of drug-likeness (QED) is 0.529. The van der Waals surface area contributed by atoms with E-state index in [4.69, 9.17) is 12.2 Å². The van der Waals surface area contributed by atoms with Crippen LogP contribution in [0.25, 0.3) is 0 Å². The molecule has 2 aromatic rings. The molecule has 0 unspecified atom stereocenters. The van der Waals surface area contributed by atoms with E-state index in [-0.39, 0.29) is 5.82 Å². The zero-order valence-corrected chi connectivity index (χ0v) is 12.9. The summed E-state index contributed by atoms with van der Waals surface area (Å²) in [5.74, 6) is 0.922. The van der Waals surface area contributed by atoms with E-state index >= 15 is 0 Å². The number of rotatable bonds is 4. The Morgan fingerprint density at radius 1 is 1.36 bits per heavy atom. The van der Waals surface area contributed by atoms with Gasteiger partial charge >= 0.3 is 0 Å². The van der Waals surface area contributed by atoms with Crippen molar-refractivity contribution < 1.29 is 4.39 Å². The van der Waals surface area contributed by atoms with Gasteiger partial charge in [0.05, 0.1) is 0 Å². The van der Waals surface area contributed by atoms with Crippen LogP contribution in [-0.2, 0) is 6.42 Å². The second kappa shape index (κ2) is 6.79.